The van der Waals surface area contributed by atoms with Crippen molar-refractivity contribution in [3.05, 3.63) is 12.7 Å². The van der Waals surface area contributed by atoms with Gasteiger partial charge in [-0.15, -0.1) is 6.58 Å². The maximum absolute atomic E-state index is 12.0. The molecule has 5 nitrogen and oxygen atoms in total. The lowest BCUT2D eigenvalue weighted by Gasteiger charge is -2.26. The normalized spacial score (nSPS) is 21.8. The molecule has 1 heterocycles. The molecule has 1 fully saturated rings. The van der Waals surface area contributed by atoms with Crippen LogP contribution < -0.4 is 0 Å². The topological polar surface area (TPSA) is 63.7 Å². The highest BCUT2D eigenvalue weighted by Gasteiger charge is 2.40. The molecule has 1 rings (SSSR count). The van der Waals surface area contributed by atoms with Crippen LogP contribution in [0.25, 0.3) is 0 Å². The van der Waals surface area contributed by atoms with Crippen LogP contribution in [0.15, 0.2) is 12.7 Å². The van der Waals surface area contributed by atoms with Crippen molar-refractivity contribution >= 4 is 16.0 Å². The minimum Gasteiger partial charge on any atom is -0.459 e. The molecule has 0 unspecified atom stereocenters. The van der Waals surface area contributed by atoms with Crippen molar-refractivity contribution in [3.63, 3.8) is 0 Å². The van der Waals surface area contributed by atoms with Crippen molar-refractivity contribution in [2.45, 2.75) is 45.3 Å². The quantitative estimate of drug-likeness (QED) is 0.573. The van der Waals surface area contributed by atoms with Crippen LogP contribution in [0.3, 0.4) is 0 Å². The van der Waals surface area contributed by atoms with Gasteiger partial charge >= 0.3 is 5.97 Å². The lowest BCUT2D eigenvalue weighted by Crippen LogP contribution is -2.44. The molecular formula is C12H21NO4S. The molecule has 1 aliphatic heterocycles. The average Bonchev–Trinajstić information content (AvgIpc) is 2.63. The van der Waals surface area contributed by atoms with E-state index < -0.39 is 27.6 Å². The van der Waals surface area contributed by atoms with E-state index in [1.165, 1.54) is 10.4 Å². The SMILES string of the molecule is C=CCS(=O)(=O)N1CCC[C@H]1C(=O)OC(C)(C)C. The van der Waals surface area contributed by atoms with Crippen LogP contribution in [0.5, 0.6) is 0 Å². The number of carbonyl (C=O) groups is 1. The van der Waals surface area contributed by atoms with E-state index in [1.54, 1.807) is 20.8 Å². The van der Waals surface area contributed by atoms with Gasteiger partial charge in [-0.05, 0) is 33.6 Å². The molecule has 0 aromatic heterocycles. The third kappa shape index (κ3) is 3.81. The van der Waals surface area contributed by atoms with Gasteiger partial charge in [-0.2, -0.15) is 4.31 Å². The molecule has 0 spiro atoms. The molecule has 0 amide bonds. The number of rotatable bonds is 4. The Kier molecular flexibility index (Phi) is 4.55. The third-order valence-corrected chi connectivity index (χ3v) is 4.38. The Morgan fingerprint density at radius 3 is 2.61 bits per heavy atom. The molecule has 0 aliphatic carbocycles. The van der Waals surface area contributed by atoms with E-state index in [1.807, 2.05) is 0 Å². The number of hydrogen-bond donors (Lipinski definition) is 0. The van der Waals surface area contributed by atoms with Gasteiger partial charge in [0.2, 0.25) is 10.0 Å². The second-order valence-electron chi connectivity index (χ2n) is 5.37. The average molecular weight is 275 g/mol. The smallest absolute Gasteiger partial charge is 0.324 e. The van der Waals surface area contributed by atoms with Gasteiger partial charge in [0.25, 0.3) is 0 Å². The van der Waals surface area contributed by atoms with E-state index in [-0.39, 0.29) is 5.75 Å². The lowest BCUT2D eigenvalue weighted by atomic mass is 10.2. The maximum Gasteiger partial charge on any atom is 0.324 e. The van der Waals surface area contributed by atoms with Gasteiger partial charge in [-0.25, -0.2) is 8.42 Å². The molecule has 104 valence electrons. The zero-order chi connectivity index (χ0) is 14.0. The monoisotopic (exact) mass is 275 g/mol. The Morgan fingerprint density at radius 1 is 1.50 bits per heavy atom. The van der Waals surface area contributed by atoms with E-state index in [9.17, 15) is 13.2 Å². The van der Waals surface area contributed by atoms with Crippen LogP contribution in [-0.2, 0) is 19.6 Å². The standard InChI is InChI=1S/C12H21NO4S/c1-5-9-18(15,16)13-8-6-7-10(13)11(14)17-12(2,3)4/h5,10H,1,6-9H2,2-4H3/t10-/m0/s1. The zero-order valence-electron chi connectivity index (χ0n) is 11.2. The predicted molar refractivity (Wildman–Crippen MR) is 69.6 cm³/mol. The number of nitrogens with zero attached hydrogens (tertiary/aromatic N) is 1. The van der Waals surface area contributed by atoms with Crippen molar-refractivity contribution in [2.75, 3.05) is 12.3 Å². The summed E-state index contributed by atoms with van der Waals surface area (Å²) in [6.07, 6.45) is 2.53. The van der Waals surface area contributed by atoms with Crippen LogP contribution in [0, 0.1) is 0 Å². The fourth-order valence-electron chi connectivity index (χ4n) is 1.92. The Balaban J connectivity index is 2.83. The van der Waals surface area contributed by atoms with Crippen molar-refractivity contribution in [3.8, 4) is 0 Å². The molecule has 1 aliphatic rings. The summed E-state index contributed by atoms with van der Waals surface area (Å²) < 4.78 is 30.4. The van der Waals surface area contributed by atoms with Crippen LogP contribution in [0.2, 0.25) is 0 Å². The number of sulfonamides is 1. The first kappa shape index (κ1) is 15.2. The molecule has 0 N–H and O–H groups in total. The molecule has 18 heavy (non-hydrogen) atoms. The van der Waals surface area contributed by atoms with Crippen LogP contribution in [0.1, 0.15) is 33.6 Å². The van der Waals surface area contributed by atoms with Gasteiger partial charge in [-0.3, -0.25) is 4.79 Å². The highest BCUT2D eigenvalue weighted by molar-refractivity contribution is 7.89. The first-order chi connectivity index (χ1) is 8.17. The minimum absolute atomic E-state index is 0.147. The summed E-state index contributed by atoms with van der Waals surface area (Å²) in [6.45, 7) is 9.10. The molecule has 0 bridgehead atoms. The second-order valence-corrected chi connectivity index (χ2v) is 7.34. The van der Waals surface area contributed by atoms with E-state index in [0.717, 1.165) is 0 Å². The molecule has 0 radical (unpaired) electrons. The first-order valence-electron chi connectivity index (χ1n) is 6.00. The molecule has 0 aromatic carbocycles. The summed E-state index contributed by atoms with van der Waals surface area (Å²) >= 11 is 0. The van der Waals surface area contributed by atoms with Gasteiger partial charge in [0.1, 0.15) is 11.6 Å². The van der Waals surface area contributed by atoms with Crippen LogP contribution in [-0.4, -0.2) is 42.6 Å². The Labute approximate surface area is 109 Å². The summed E-state index contributed by atoms with van der Waals surface area (Å²) in [5.74, 6) is -0.612. The van der Waals surface area contributed by atoms with E-state index >= 15 is 0 Å². The van der Waals surface area contributed by atoms with Gasteiger partial charge in [0, 0.05) is 6.54 Å². The summed E-state index contributed by atoms with van der Waals surface area (Å²) in [4.78, 5) is 12.0. The maximum atomic E-state index is 12.0. The highest BCUT2D eigenvalue weighted by Crippen LogP contribution is 2.24. The zero-order valence-corrected chi connectivity index (χ0v) is 12.0. The van der Waals surface area contributed by atoms with Gasteiger partial charge < -0.3 is 4.74 Å². The summed E-state index contributed by atoms with van der Waals surface area (Å²) in [5.41, 5.74) is -0.604. The van der Waals surface area contributed by atoms with Gasteiger partial charge in [-0.1, -0.05) is 6.08 Å². The van der Waals surface area contributed by atoms with Crippen molar-refractivity contribution < 1.29 is 17.9 Å². The van der Waals surface area contributed by atoms with E-state index in [4.69, 9.17) is 4.74 Å². The number of hydrogen-bond acceptors (Lipinski definition) is 4. The minimum atomic E-state index is -3.45. The number of esters is 1. The second kappa shape index (κ2) is 5.40. The largest absolute Gasteiger partial charge is 0.459 e. The summed E-state index contributed by atoms with van der Waals surface area (Å²) in [5, 5.41) is 0. The summed E-state index contributed by atoms with van der Waals surface area (Å²) in [7, 11) is -3.45. The predicted octanol–water partition coefficient (Wildman–Crippen LogP) is 1.31. The highest BCUT2D eigenvalue weighted by atomic mass is 32.2. The van der Waals surface area contributed by atoms with E-state index in [0.29, 0.717) is 19.4 Å². The van der Waals surface area contributed by atoms with Gasteiger partial charge in [0.05, 0.1) is 5.75 Å². The molecule has 0 saturated carbocycles. The number of carbonyl (C=O) groups excluding carboxylic acids is 1. The molecule has 0 aromatic rings. The first-order valence-corrected chi connectivity index (χ1v) is 7.61. The Hall–Kier alpha value is -0.880. The van der Waals surface area contributed by atoms with Crippen LogP contribution >= 0.6 is 0 Å². The molecular weight excluding hydrogens is 254 g/mol. The fraction of sp³-hybridized carbons (Fsp3) is 0.750. The van der Waals surface area contributed by atoms with Crippen molar-refractivity contribution in [2.24, 2.45) is 0 Å². The Morgan fingerprint density at radius 2 is 2.11 bits per heavy atom. The third-order valence-electron chi connectivity index (χ3n) is 2.57. The van der Waals surface area contributed by atoms with Crippen molar-refractivity contribution in [1.82, 2.24) is 4.31 Å². The molecule has 1 atom stereocenters. The number of ether oxygens (including phenoxy) is 1. The Bertz CT molecular complexity index is 422. The van der Waals surface area contributed by atoms with Crippen LogP contribution in [0.4, 0.5) is 0 Å². The summed E-state index contributed by atoms with van der Waals surface area (Å²) in [6, 6.07) is -0.686. The molecule has 1 saturated heterocycles. The fourth-order valence-corrected chi connectivity index (χ4v) is 3.40. The molecule has 6 heteroatoms. The van der Waals surface area contributed by atoms with Gasteiger partial charge in [0.15, 0.2) is 0 Å². The van der Waals surface area contributed by atoms with E-state index in [2.05, 4.69) is 6.58 Å². The lowest BCUT2D eigenvalue weighted by molar-refractivity contribution is -0.158. The van der Waals surface area contributed by atoms with Crippen molar-refractivity contribution in [1.29, 1.82) is 0 Å².